The van der Waals surface area contributed by atoms with Gasteiger partial charge in [0.25, 0.3) is 0 Å². The quantitative estimate of drug-likeness (QED) is 0.869. The fraction of sp³-hybridized carbons (Fsp3) is 0.133. The first-order valence-corrected chi connectivity index (χ1v) is 6.73. The molecule has 0 aliphatic rings. The number of carbonyl (C=O) groups excluding carboxylic acids is 2. The van der Waals surface area contributed by atoms with Crippen LogP contribution in [0.4, 0.5) is 14.5 Å². The Hall–Kier alpha value is -2.54. The van der Waals surface area contributed by atoms with Crippen LogP contribution in [0.3, 0.4) is 0 Å². The van der Waals surface area contributed by atoms with Gasteiger partial charge in [0.2, 0.25) is 5.91 Å². The molecule has 0 atom stereocenters. The summed E-state index contributed by atoms with van der Waals surface area (Å²) in [6.45, 7) is 1.22. The number of halogens is 3. The Morgan fingerprint density at radius 3 is 2.39 bits per heavy atom. The molecule has 0 spiro atoms. The molecule has 23 heavy (non-hydrogen) atoms. The lowest BCUT2D eigenvalue weighted by Crippen LogP contribution is -2.12. The number of ether oxygens (including phenoxy) is 1. The fourth-order valence-electron chi connectivity index (χ4n) is 1.91. The number of aromatic nitrogens is 1. The van der Waals surface area contributed by atoms with E-state index in [4.69, 9.17) is 11.6 Å². The number of nitrogens with one attached hydrogen (secondary N) is 1. The molecule has 1 heterocycles. The van der Waals surface area contributed by atoms with Gasteiger partial charge in [0.1, 0.15) is 11.6 Å². The van der Waals surface area contributed by atoms with Gasteiger partial charge in [-0.1, -0.05) is 17.7 Å². The smallest absolute Gasteiger partial charge is 0.358 e. The summed E-state index contributed by atoms with van der Waals surface area (Å²) >= 11 is 6.00. The summed E-state index contributed by atoms with van der Waals surface area (Å²) in [4.78, 5) is 26.9. The minimum atomic E-state index is -0.903. The largest absolute Gasteiger partial charge is 0.464 e. The molecular weight excluding hydrogens is 330 g/mol. The maximum absolute atomic E-state index is 13.9. The van der Waals surface area contributed by atoms with Crippen LogP contribution in [0, 0.1) is 11.6 Å². The summed E-state index contributed by atoms with van der Waals surface area (Å²) in [5.41, 5.74) is -1.01. The SMILES string of the molecule is COC(=O)c1nc(-c2c(F)cccc2F)cc(NC(C)=O)c1Cl. The van der Waals surface area contributed by atoms with E-state index in [2.05, 4.69) is 15.0 Å². The molecule has 0 saturated carbocycles. The van der Waals surface area contributed by atoms with Gasteiger partial charge in [0.15, 0.2) is 5.69 Å². The van der Waals surface area contributed by atoms with Crippen LogP contribution in [-0.4, -0.2) is 24.0 Å². The molecule has 0 bridgehead atoms. The van der Waals surface area contributed by atoms with E-state index in [0.717, 1.165) is 19.2 Å². The lowest BCUT2D eigenvalue weighted by molar-refractivity contribution is -0.114. The molecule has 0 radical (unpaired) electrons. The zero-order valence-corrected chi connectivity index (χ0v) is 12.9. The molecule has 1 aromatic carbocycles. The van der Waals surface area contributed by atoms with Crippen molar-refractivity contribution in [2.24, 2.45) is 0 Å². The summed E-state index contributed by atoms with van der Waals surface area (Å²) < 4.78 is 32.4. The van der Waals surface area contributed by atoms with E-state index in [9.17, 15) is 18.4 Å². The number of benzene rings is 1. The second kappa shape index (κ2) is 6.70. The number of esters is 1. The summed E-state index contributed by atoms with van der Waals surface area (Å²) in [7, 11) is 1.11. The monoisotopic (exact) mass is 340 g/mol. The van der Waals surface area contributed by atoms with Gasteiger partial charge in [-0.2, -0.15) is 0 Å². The highest BCUT2D eigenvalue weighted by Crippen LogP contribution is 2.32. The number of rotatable bonds is 3. The Morgan fingerprint density at radius 1 is 1.26 bits per heavy atom. The number of carbonyl (C=O) groups is 2. The number of pyridine rings is 1. The van der Waals surface area contributed by atoms with E-state index >= 15 is 0 Å². The number of hydrogen-bond donors (Lipinski definition) is 1. The van der Waals surface area contributed by atoms with Crippen LogP contribution < -0.4 is 5.32 Å². The van der Waals surface area contributed by atoms with Crippen LogP contribution in [0.1, 0.15) is 17.4 Å². The first-order valence-electron chi connectivity index (χ1n) is 6.36. The van der Waals surface area contributed by atoms with Crippen molar-refractivity contribution in [1.29, 1.82) is 0 Å². The van der Waals surface area contributed by atoms with Crippen molar-refractivity contribution in [3.8, 4) is 11.3 Å². The minimum absolute atomic E-state index is 0.00720. The third-order valence-electron chi connectivity index (χ3n) is 2.87. The highest BCUT2D eigenvalue weighted by atomic mass is 35.5. The Bertz CT molecular complexity index is 776. The Balaban J connectivity index is 2.73. The van der Waals surface area contributed by atoms with Crippen LogP contribution in [-0.2, 0) is 9.53 Å². The van der Waals surface area contributed by atoms with Crippen molar-refractivity contribution in [2.75, 3.05) is 12.4 Å². The number of methoxy groups -OCH3 is 1. The zero-order valence-electron chi connectivity index (χ0n) is 12.1. The van der Waals surface area contributed by atoms with Gasteiger partial charge in [-0.3, -0.25) is 4.79 Å². The molecule has 0 fully saturated rings. The molecular formula is C15H11ClF2N2O3. The average Bonchev–Trinajstić information content (AvgIpc) is 2.48. The van der Waals surface area contributed by atoms with Crippen LogP contribution >= 0.6 is 11.6 Å². The average molecular weight is 341 g/mol. The second-order valence-corrected chi connectivity index (χ2v) is 4.87. The van der Waals surface area contributed by atoms with E-state index in [0.29, 0.717) is 0 Å². The van der Waals surface area contributed by atoms with E-state index in [1.165, 1.54) is 19.1 Å². The standard InChI is InChI=1S/C15H11ClF2N2O3/c1-7(21)19-11-6-10(12-8(17)4-3-5-9(12)18)20-14(13(11)16)15(22)23-2/h3-6H,1-2H3,(H,19,20,21). The van der Waals surface area contributed by atoms with E-state index in [1.54, 1.807) is 0 Å². The molecule has 0 aliphatic heterocycles. The number of hydrogen-bond acceptors (Lipinski definition) is 4. The van der Waals surface area contributed by atoms with E-state index in [-0.39, 0.29) is 22.1 Å². The molecule has 0 unspecified atom stereocenters. The van der Waals surface area contributed by atoms with Gasteiger partial charge in [-0.25, -0.2) is 18.6 Å². The maximum Gasteiger partial charge on any atom is 0.358 e. The minimum Gasteiger partial charge on any atom is -0.464 e. The number of nitrogens with zero attached hydrogens (tertiary/aromatic N) is 1. The molecule has 0 saturated heterocycles. The highest BCUT2D eigenvalue weighted by Gasteiger charge is 2.22. The van der Waals surface area contributed by atoms with E-state index < -0.39 is 29.1 Å². The van der Waals surface area contributed by atoms with Gasteiger partial charge in [-0.05, 0) is 18.2 Å². The molecule has 1 aromatic heterocycles. The topological polar surface area (TPSA) is 68.3 Å². The van der Waals surface area contributed by atoms with Crippen molar-refractivity contribution in [3.63, 3.8) is 0 Å². The summed E-state index contributed by atoms with van der Waals surface area (Å²) in [6, 6.07) is 4.47. The lowest BCUT2D eigenvalue weighted by atomic mass is 10.1. The molecule has 1 amide bonds. The molecule has 1 N–H and O–H groups in total. The summed E-state index contributed by atoms with van der Waals surface area (Å²) in [6.07, 6.45) is 0. The molecule has 2 rings (SSSR count). The van der Waals surface area contributed by atoms with Crippen molar-refractivity contribution < 1.29 is 23.1 Å². The van der Waals surface area contributed by atoms with Crippen LogP contribution in [0.5, 0.6) is 0 Å². The molecule has 2 aromatic rings. The lowest BCUT2D eigenvalue weighted by Gasteiger charge is -2.12. The molecule has 120 valence electrons. The predicted molar refractivity (Wildman–Crippen MR) is 80.2 cm³/mol. The molecule has 8 heteroatoms. The zero-order chi connectivity index (χ0) is 17.1. The Labute approximate surface area is 135 Å². The first kappa shape index (κ1) is 16.8. The van der Waals surface area contributed by atoms with Crippen LogP contribution in [0.15, 0.2) is 24.3 Å². The van der Waals surface area contributed by atoms with Crippen LogP contribution in [0.2, 0.25) is 5.02 Å². The number of amides is 1. The maximum atomic E-state index is 13.9. The highest BCUT2D eigenvalue weighted by molar-refractivity contribution is 6.36. The third kappa shape index (κ3) is 3.45. The van der Waals surface area contributed by atoms with E-state index in [1.807, 2.05) is 0 Å². The van der Waals surface area contributed by atoms with Crippen molar-refractivity contribution in [2.45, 2.75) is 6.92 Å². The van der Waals surface area contributed by atoms with Crippen molar-refractivity contribution in [1.82, 2.24) is 4.98 Å². The van der Waals surface area contributed by atoms with Gasteiger partial charge in [0, 0.05) is 6.92 Å². The molecule has 5 nitrogen and oxygen atoms in total. The van der Waals surface area contributed by atoms with Gasteiger partial charge in [0.05, 0.1) is 29.1 Å². The van der Waals surface area contributed by atoms with Crippen LogP contribution in [0.25, 0.3) is 11.3 Å². The first-order chi connectivity index (χ1) is 10.8. The van der Waals surface area contributed by atoms with Gasteiger partial charge < -0.3 is 10.1 Å². The Morgan fingerprint density at radius 2 is 1.87 bits per heavy atom. The fourth-order valence-corrected chi connectivity index (χ4v) is 2.13. The normalized spacial score (nSPS) is 10.3. The van der Waals surface area contributed by atoms with Gasteiger partial charge >= 0.3 is 5.97 Å². The summed E-state index contributed by atoms with van der Waals surface area (Å²) in [5, 5.41) is 2.19. The second-order valence-electron chi connectivity index (χ2n) is 4.49. The predicted octanol–water partition coefficient (Wildman–Crippen LogP) is 3.43. The summed E-state index contributed by atoms with van der Waals surface area (Å²) in [5.74, 6) is -3.12. The van der Waals surface area contributed by atoms with Crippen molar-refractivity contribution in [3.05, 3.63) is 46.6 Å². The third-order valence-corrected chi connectivity index (χ3v) is 3.25. The number of anilines is 1. The molecule has 0 aliphatic carbocycles. The van der Waals surface area contributed by atoms with Crippen molar-refractivity contribution >= 4 is 29.2 Å². The Kier molecular flexibility index (Phi) is 4.90. The van der Waals surface area contributed by atoms with Gasteiger partial charge in [-0.15, -0.1) is 0 Å².